The maximum atomic E-state index is 12.8. The van der Waals surface area contributed by atoms with Gasteiger partial charge in [0.2, 0.25) is 0 Å². The monoisotopic (exact) mass is 244 g/mol. The molecule has 1 aliphatic heterocycles. The molecule has 1 heterocycles. The van der Waals surface area contributed by atoms with E-state index in [-0.39, 0.29) is 11.3 Å². The van der Waals surface area contributed by atoms with Gasteiger partial charge in [-0.25, -0.2) is 0 Å². The summed E-state index contributed by atoms with van der Waals surface area (Å²) >= 11 is 0. The van der Waals surface area contributed by atoms with Crippen LogP contribution in [0.25, 0.3) is 0 Å². The molecule has 0 aromatic heterocycles. The van der Waals surface area contributed by atoms with Crippen molar-refractivity contribution in [1.29, 1.82) is 0 Å². The second-order valence-electron chi connectivity index (χ2n) is 3.29. The van der Waals surface area contributed by atoms with E-state index < -0.39 is 30.2 Å². The molecule has 0 saturated carbocycles. The minimum atomic E-state index is -3.83. The lowest BCUT2D eigenvalue weighted by Gasteiger charge is -2.05. The highest BCUT2D eigenvalue weighted by Gasteiger charge is 2.45. The molecule has 0 fully saturated rings. The maximum Gasteiger partial charge on any atom is 0.586 e. The molecule has 1 N–H and O–H groups in total. The number of hydrogen-bond acceptors (Lipinski definition) is 4. The first-order valence-corrected chi connectivity index (χ1v) is 4.53. The van der Waals surface area contributed by atoms with Gasteiger partial charge in [0.15, 0.2) is 17.3 Å². The van der Waals surface area contributed by atoms with Crippen molar-refractivity contribution in [3.63, 3.8) is 0 Å². The first kappa shape index (κ1) is 11.3. The number of para-hydroxylation sites is 1. The van der Waals surface area contributed by atoms with E-state index in [9.17, 15) is 18.4 Å². The number of rotatable bonds is 3. The van der Waals surface area contributed by atoms with Crippen molar-refractivity contribution < 1.29 is 33.0 Å². The predicted octanol–water partition coefficient (Wildman–Crippen LogP) is 1.67. The molecule has 0 radical (unpaired) electrons. The van der Waals surface area contributed by atoms with Crippen molar-refractivity contribution in [1.82, 2.24) is 0 Å². The van der Waals surface area contributed by atoms with Gasteiger partial charge in [0.25, 0.3) is 0 Å². The van der Waals surface area contributed by atoms with Crippen LogP contribution in [-0.4, -0.2) is 23.2 Å². The number of fused-ring (bicyclic) bond motifs is 1. The Hall–Kier alpha value is -2.18. The zero-order valence-corrected chi connectivity index (χ0v) is 8.28. The Bertz CT molecular complexity index is 497. The third kappa shape index (κ3) is 2.17. The summed E-state index contributed by atoms with van der Waals surface area (Å²) in [5.74, 6) is -2.89. The SMILES string of the molecule is O=C(O)CC(=O)c1cccc2c1OC(F)(F)O2. The predicted molar refractivity (Wildman–Crippen MR) is 49.2 cm³/mol. The number of hydrogen-bond donors (Lipinski definition) is 1. The third-order valence-corrected chi connectivity index (χ3v) is 2.04. The quantitative estimate of drug-likeness (QED) is 0.646. The molecule has 90 valence electrons. The zero-order valence-electron chi connectivity index (χ0n) is 8.28. The number of carboxylic acids is 1. The van der Waals surface area contributed by atoms with Crippen molar-refractivity contribution in [2.24, 2.45) is 0 Å². The van der Waals surface area contributed by atoms with Crippen LogP contribution in [0, 0.1) is 0 Å². The summed E-state index contributed by atoms with van der Waals surface area (Å²) in [5.41, 5.74) is -0.234. The fraction of sp³-hybridized carbons (Fsp3) is 0.200. The van der Waals surface area contributed by atoms with Gasteiger partial charge in [-0.1, -0.05) is 6.07 Å². The van der Waals surface area contributed by atoms with Crippen LogP contribution in [0.5, 0.6) is 11.5 Å². The van der Waals surface area contributed by atoms with E-state index in [1.165, 1.54) is 18.2 Å². The van der Waals surface area contributed by atoms with Gasteiger partial charge in [-0.15, -0.1) is 8.78 Å². The van der Waals surface area contributed by atoms with Gasteiger partial charge >= 0.3 is 12.3 Å². The van der Waals surface area contributed by atoms with Gasteiger partial charge < -0.3 is 14.6 Å². The highest BCUT2D eigenvalue weighted by atomic mass is 19.3. The largest absolute Gasteiger partial charge is 0.586 e. The molecule has 1 aromatic rings. The van der Waals surface area contributed by atoms with E-state index in [1.807, 2.05) is 0 Å². The molecule has 0 unspecified atom stereocenters. The standard InChI is InChI=1S/C10H6F2O5/c11-10(12)16-7-3-1-2-5(9(7)17-10)6(13)4-8(14)15/h1-3H,4H2,(H,14,15). The number of aliphatic carboxylic acids is 1. The number of ketones is 1. The van der Waals surface area contributed by atoms with Crippen LogP contribution in [0.3, 0.4) is 0 Å². The van der Waals surface area contributed by atoms with E-state index in [0.717, 1.165) is 0 Å². The Kier molecular flexibility index (Phi) is 2.45. The number of halogens is 2. The smallest absolute Gasteiger partial charge is 0.481 e. The molecule has 7 heteroatoms. The van der Waals surface area contributed by atoms with Crippen LogP contribution in [0.2, 0.25) is 0 Å². The van der Waals surface area contributed by atoms with Crippen LogP contribution in [0.1, 0.15) is 16.8 Å². The molecule has 0 spiro atoms. The van der Waals surface area contributed by atoms with Crippen molar-refractivity contribution >= 4 is 11.8 Å². The normalized spacial score (nSPS) is 15.6. The van der Waals surface area contributed by atoms with Gasteiger partial charge in [-0.2, -0.15) is 0 Å². The van der Waals surface area contributed by atoms with Crippen LogP contribution >= 0.6 is 0 Å². The van der Waals surface area contributed by atoms with Gasteiger partial charge in [0.05, 0.1) is 5.56 Å². The molecule has 1 aliphatic rings. The van der Waals surface area contributed by atoms with Gasteiger partial charge in [0.1, 0.15) is 6.42 Å². The van der Waals surface area contributed by atoms with E-state index in [2.05, 4.69) is 9.47 Å². The average molecular weight is 244 g/mol. The molecule has 5 nitrogen and oxygen atoms in total. The fourth-order valence-corrected chi connectivity index (χ4v) is 1.42. The first-order chi connectivity index (χ1) is 7.89. The number of alkyl halides is 2. The lowest BCUT2D eigenvalue weighted by atomic mass is 10.1. The fourth-order valence-electron chi connectivity index (χ4n) is 1.42. The summed E-state index contributed by atoms with van der Waals surface area (Å²) in [5, 5.41) is 8.46. The highest BCUT2D eigenvalue weighted by molar-refractivity contribution is 6.07. The molecular weight excluding hydrogens is 238 g/mol. The van der Waals surface area contributed by atoms with E-state index >= 15 is 0 Å². The average Bonchev–Trinajstić information content (AvgIpc) is 2.49. The van der Waals surface area contributed by atoms with Gasteiger partial charge in [0, 0.05) is 0 Å². The third-order valence-electron chi connectivity index (χ3n) is 2.04. The molecule has 0 atom stereocenters. The van der Waals surface area contributed by atoms with E-state index in [4.69, 9.17) is 5.11 Å². The molecule has 0 bridgehead atoms. The Morgan fingerprint density at radius 1 is 1.29 bits per heavy atom. The zero-order chi connectivity index (χ0) is 12.6. The summed E-state index contributed by atoms with van der Waals surface area (Å²) in [6.45, 7) is 0. The number of carbonyl (C=O) groups excluding carboxylic acids is 1. The second kappa shape index (κ2) is 3.69. The molecule has 0 saturated heterocycles. The van der Waals surface area contributed by atoms with E-state index in [1.54, 1.807) is 0 Å². The highest BCUT2D eigenvalue weighted by Crippen LogP contribution is 2.43. The van der Waals surface area contributed by atoms with Crippen molar-refractivity contribution in [3.05, 3.63) is 23.8 Å². The van der Waals surface area contributed by atoms with Crippen molar-refractivity contribution in [2.45, 2.75) is 12.7 Å². The number of carbonyl (C=O) groups is 2. The molecule has 0 aliphatic carbocycles. The summed E-state index contributed by atoms with van der Waals surface area (Å²) in [6, 6.07) is 3.71. The topological polar surface area (TPSA) is 72.8 Å². The summed E-state index contributed by atoms with van der Waals surface area (Å²) in [4.78, 5) is 21.8. The molecular formula is C10H6F2O5. The summed E-state index contributed by atoms with van der Waals surface area (Å²) < 4.78 is 33.8. The molecule has 17 heavy (non-hydrogen) atoms. The second-order valence-corrected chi connectivity index (χ2v) is 3.29. The lowest BCUT2D eigenvalue weighted by Crippen LogP contribution is -2.26. The minimum Gasteiger partial charge on any atom is -0.481 e. The van der Waals surface area contributed by atoms with Crippen LogP contribution in [0.15, 0.2) is 18.2 Å². The number of ether oxygens (including phenoxy) is 2. The molecule has 1 aromatic carbocycles. The lowest BCUT2D eigenvalue weighted by molar-refractivity contribution is -0.286. The number of carboxylic acid groups (broad SMARTS) is 1. The Balaban J connectivity index is 2.36. The number of Topliss-reactive ketones (excluding diaryl/α,β-unsaturated/α-hetero) is 1. The molecule has 0 amide bonds. The Morgan fingerprint density at radius 3 is 2.65 bits per heavy atom. The number of benzene rings is 1. The van der Waals surface area contributed by atoms with E-state index in [0.29, 0.717) is 0 Å². The van der Waals surface area contributed by atoms with Crippen LogP contribution in [0.4, 0.5) is 8.78 Å². The maximum absolute atomic E-state index is 12.8. The summed E-state index contributed by atoms with van der Waals surface area (Å²) in [6.07, 6.45) is -4.63. The molecule has 2 rings (SSSR count). The van der Waals surface area contributed by atoms with Crippen molar-refractivity contribution in [3.8, 4) is 11.5 Å². The van der Waals surface area contributed by atoms with Crippen LogP contribution < -0.4 is 9.47 Å². The summed E-state index contributed by atoms with van der Waals surface area (Å²) in [7, 11) is 0. The first-order valence-electron chi connectivity index (χ1n) is 4.53. The van der Waals surface area contributed by atoms with Crippen molar-refractivity contribution in [2.75, 3.05) is 0 Å². The van der Waals surface area contributed by atoms with Gasteiger partial charge in [-0.3, -0.25) is 9.59 Å². The van der Waals surface area contributed by atoms with Crippen LogP contribution in [-0.2, 0) is 4.79 Å². The minimum absolute atomic E-state index is 0.234. The van der Waals surface area contributed by atoms with Gasteiger partial charge in [-0.05, 0) is 12.1 Å². The Morgan fingerprint density at radius 2 is 2.00 bits per heavy atom. The Labute approximate surface area is 93.6 Å².